The molecular weight excluding hydrogens is 267 g/mol. The van der Waals surface area contributed by atoms with E-state index in [1.165, 1.54) is 12.1 Å². The van der Waals surface area contributed by atoms with Crippen molar-refractivity contribution in [2.75, 3.05) is 5.32 Å². The van der Waals surface area contributed by atoms with Gasteiger partial charge in [-0.3, -0.25) is 4.79 Å². The molecule has 1 amide bonds. The minimum atomic E-state index is -4.80. The van der Waals surface area contributed by atoms with Crippen molar-refractivity contribution in [3.63, 3.8) is 0 Å². The Morgan fingerprint density at radius 2 is 2.16 bits per heavy atom. The number of alkyl halides is 3. The fourth-order valence-corrected chi connectivity index (χ4v) is 1.23. The number of carbonyl (C=O) groups excluding carboxylic acids is 1. The normalized spacial score (nSPS) is 11.1. The van der Waals surface area contributed by atoms with E-state index in [1.54, 1.807) is 0 Å². The van der Waals surface area contributed by atoms with E-state index in [1.807, 2.05) is 0 Å². The van der Waals surface area contributed by atoms with E-state index in [0.29, 0.717) is 0 Å². The number of hydrogen-bond acceptors (Lipinski definition) is 5. The molecule has 6 nitrogen and oxygen atoms in total. The highest BCUT2D eigenvalue weighted by Crippen LogP contribution is 2.25. The molecular formula is C10H6F3N3O3. The molecule has 0 spiro atoms. The third-order valence-corrected chi connectivity index (χ3v) is 1.88. The molecule has 2 aromatic rings. The van der Waals surface area contributed by atoms with Crippen molar-refractivity contribution in [1.29, 1.82) is 0 Å². The average molecular weight is 273 g/mol. The van der Waals surface area contributed by atoms with Gasteiger partial charge in [0.05, 0.1) is 0 Å². The van der Waals surface area contributed by atoms with Crippen LogP contribution in [-0.2, 0) is 0 Å². The van der Waals surface area contributed by atoms with Gasteiger partial charge in [-0.05, 0) is 12.1 Å². The smallest absolute Gasteiger partial charge is 0.406 e. The second-order valence-corrected chi connectivity index (χ2v) is 3.28. The lowest BCUT2D eigenvalue weighted by Gasteiger charge is -2.10. The van der Waals surface area contributed by atoms with E-state index in [9.17, 15) is 18.0 Å². The second kappa shape index (κ2) is 4.96. The number of halogens is 3. The van der Waals surface area contributed by atoms with Gasteiger partial charge in [-0.2, -0.15) is 4.98 Å². The molecule has 0 radical (unpaired) electrons. The molecule has 0 atom stereocenters. The van der Waals surface area contributed by atoms with Crippen LogP contribution in [0.25, 0.3) is 0 Å². The van der Waals surface area contributed by atoms with E-state index in [4.69, 9.17) is 0 Å². The summed E-state index contributed by atoms with van der Waals surface area (Å²) in [5, 5.41) is 5.52. The van der Waals surface area contributed by atoms with Crippen LogP contribution in [0.1, 0.15) is 10.7 Å². The van der Waals surface area contributed by atoms with Gasteiger partial charge in [-0.15, -0.1) is 13.2 Å². The van der Waals surface area contributed by atoms with Crippen LogP contribution in [0.2, 0.25) is 0 Å². The van der Waals surface area contributed by atoms with Gasteiger partial charge in [-0.25, -0.2) is 0 Å². The number of anilines is 1. The molecule has 0 saturated heterocycles. The molecule has 0 unspecified atom stereocenters. The Bertz CT molecular complexity index is 569. The maximum Gasteiger partial charge on any atom is 0.573 e. The summed E-state index contributed by atoms with van der Waals surface area (Å²) in [7, 11) is 0. The Balaban J connectivity index is 2.09. The zero-order valence-electron chi connectivity index (χ0n) is 9.14. The summed E-state index contributed by atoms with van der Waals surface area (Å²) >= 11 is 0. The van der Waals surface area contributed by atoms with Crippen molar-refractivity contribution in [3.8, 4) is 5.75 Å². The SMILES string of the molecule is O=C(Nc1cccc(OC(F)(F)F)c1)c1ncno1. The van der Waals surface area contributed by atoms with Gasteiger partial charge in [0.2, 0.25) is 0 Å². The molecule has 2 rings (SSSR count). The first-order chi connectivity index (χ1) is 8.94. The first-order valence-corrected chi connectivity index (χ1v) is 4.88. The van der Waals surface area contributed by atoms with Gasteiger partial charge >= 0.3 is 18.2 Å². The summed E-state index contributed by atoms with van der Waals surface area (Å²) < 4.78 is 44.3. The molecule has 0 aliphatic rings. The summed E-state index contributed by atoms with van der Waals surface area (Å²) in [4.78, 5) is 15.0. The highest BCUT2D eigenvalue weighted by Gasteiger charge is 2.31. The fourth-order valence-electron chi connectivity index (χ4n) is 1.23. The number of nitrogens with one attached hydrogen (secondary N) is 1. The van der Waals surface area contributed by atoms with Gasteiger partial charge in [0.25, 0.3) is 0 Å². The molecule has 9 heteroatoms. The maximum atomic E-state index is 12.0. The molecule has 1 aromatic heterocycles. The van der Waals surface area contributed by atoms with Crippen molar-refractivity contribution < 1.29 is 27.2 Å². The highest BCUT2D eigenvalue weighted by atomic mass is 19.4. The Morgan fingerprint density at radius 3 is 2.79 bits per heavy atom. The number of amides is 1. The van der Waals surface area contributed by atoms with Crippen LogP contribution in [-0.4, -0.2) is 22.4 Å². The van der Waals surface area contributed by atoms with Gasteiger partial charge in [0.15, 0.2) is 6.33 Å². The minimum absolute atomic E-state index is 0.102. The second-order valence-electron chi connectivity index (χ2n) is 3.28. The predicted octanol–water partition coefficient (Wildman–Crippen LogP) is 2.22. The molecule has 0 fully saturated rings. The lowest BCUT2D eigenvalue weighted by molar-refractivity contribution is -0.274. The van der Waals surface area contributed by atoms with E-state index >= 15 is 0 Å². The molecule has 100 valence electrons. The first-order valence-electron chi connectivity index (χ1n) is 4.88. The molecule has 1 N–H and O–H groups in total. The number of carbonyl (C=O) groups is 1. The average Bonchev–Trinajstić information content (AvgIpc) is 2.80. The van der Waals surface area contributed by atoms with Crippen LogP contribution in [0.5, 0.6) is 5.75 Å². The summed E-state index contributed by atoms with van der Waals surface area (Å²) in [6, 6.07) is 4.81. The van der Waals surface area contributed by atoms with Gasteiger partial charge in [-0.1, -0.05) is 11.2 Å². The molecule has 1 heterocycles. The van der Waals surface area contributed by atoms with Crippen molar-refractivity contribution in [2.24, 2.45) is 0 Å². The number of hydrogen-bond donors (Lipinski definition) is 1. The Labute approximate surface area is 104 Å². The zero-order valence-corrected chi connectivity index (χ0v) is 9.14. The number of rotatable bonds is 3. The maximum absolute atomic E-state index is 12.0. The monoisotopic (exact) mass is 273 g/mol. The van der Waals surface area contributed by atoms with Crippen LogP contribution in [0.3, 0.4) is 0 Å². The van der Waals surface area contributed by atoms with E-state index < -0.39 is 18.0 Å². The number of ether oxygens (including phenoxy) is 1. The standard InChI is InChI=1S/C10H6F3N3O3/c11-10(12,13)18-7-3-1-2-6(4-7)16-8(17)9-14-5-15-19-9/h1-5H,(H,16,17). The predicted molar refractivity (Wildman–Crippen MR) is 55.4 cm³/mol. The third-order valence-electron chi connectivity index (χ3n) is 1.88. The summed E-state index contributed by atoms with van der Waals surface area (Å²) in [6.45, 7) is 0. The minimum Gasteiger partial charge on any atom is -0.406 e. The van der Waals surface area contributed by atoms with Gasteiger partial charge in [0.1, 0.15) is 5.75 Å². The molecule has 0 aliphatic carbocycles. The first kappa shape index (κ1) is 12.9. The van der Waals surface area contributed by atoms with Crippen molar-refractivity contribution in [2.45, 2.75) is 6.36 Å². The number of benzene rings is 1. The molecule has 1 aromatic carbocycles. The van der Waals surface area contributed by atoms with E-state index in [2.05, 4.69) is 24.7 Å². The van der Waals surface area contributed by atoms with Gasteiger partial charge < -0.3 is 14.6 Å². The van der Waals surface area contributed by atoms with Crippen molar-refractivity contribution in [3.05, 3.63) is 36.5 Å². The quantitative estimate of drug-likeness (QED) is 0.927. The molecule has 0 saturated carbocycles. The van der Waals surface area contributed by atoms with Crippen LogP contribution in [0.15, 0.2) is 35.1 Å². The van der Waals surface area contributed by atoms with E-state index in [0.717, 1.165) is 18.5 Å². The number of aromatic nitrogens is 2. The topological polar surface area (TPSA) is 77.2 Å². The van der Waals surface area contributed by atoms with Crippen molar-refractivity contribution >= 4 is 11.6 Å². The molecule has 0 bridgehead atoms. The van der Waals surface area contributed by atoms with Crippen LogP contribution in [0.4, 0.5) is 18.9 Å². The largest absolute Gasteiger partial charge is 0.573 e. The Hall–Kier alpha value is -2.58. The van der Waals surface area contributed by atoms with Gasteiger partial charge in [0, 0.05) is 11.8 Å². The van der Waals surface area contributed by atoms with E-state index in [-0.39, 0.29) is 11.6 Å². The zero-order chi connectivity index (χ0) is 13.9. The third kappa shape index (κ3) is 3.69. The lowest BCUT2D eigenvalue weighted by Crippen LogP contribution is -2.17. The Morgan fingerprint density at radius 1 is 1.37 bits per heavy atom. The number of nitrogens with zero attached hydrogens (tertiary/aromatic N) is 2. The fraction of sp³-hybridized carbons (Fsp3) is 0.100. The lowest BCUT2D eigenvalue weighted by atomic mass is 10.3. The van der Waals surface area contributed by atoms with Crippen LogP contribution < -0.4 is 10.1 Å². The highest BCUT2D eigenvalue weighted by molar-refractivity contribution is 6.00. The molecule has 19 heavy (non-hydrogen) atoms. The summed E-state index contributed by atoms with van der Waals surface area (Å²) in [5.41, 5.74) is 0.102. The van der Waals surface area contributed by atoms with Crippen molar-refractivity contribution in [1.82, 2.24) is 10.1 Å². The summed E-state index contributed by atoms with van der Waals surface area (Å²) in [6.07, 6.45) is -3.77. The molecule has 0 aliphatic heterocycles. The van der Waals surface area contributed by atoms with Crippen LogP contribution >= 0.6 is 0 Å². The summed E-state index contributed by atoms with van der Waals surface area (Å²) in [5.74, 6) is -1.49. The Kier molecular flexibility index (Phi) is 3.36. The van der Waals surface area contributed by atoms with Crippen LogP contribution in [0, 0.1) is 0 Å².